The quantitative estimate of drug-likeness (QED) is 0.832. The minimum absolute atomic E-state index is 0.207. The minimum atomic E-state index is 0.207. The number of carbonyl (C=O) groups excluding carboxylic acids is 1. The molecule has 2 aromatic rings. The van der Waals surface area contributed by atoms with Crippen LogP contribution in [-0.2, 0) is 31.9 Å². The summed E-state index contributed by atoms with van der Waals surface area (Å²) in [7, 11) is 3.95. The monoisotopic (exact) mass is 344 g/mol. The van der Waals surface area contributed by atoms with Crippen LogP contribution in [0.1, 0.15) is 29.2 Å². The normalized spacial score (nSPS) is 16.2. The highest BCUT2D eigenvalue weighted by Gasteiger charge is 2.22. The molecule has 2 aromatic heterocycles. The van der Waals surface area contributed by atoms with Crippen molar-refractivity contribution in [1.82, 2.24) is 29.1 Å². The highest BCUT2D eigenvalue weighted by atomic mass is 16.2. The van der Waals surface area contributed by atoms with Gasteiger partial charge in [0.05, 0.1) is 18.7 Å². The van der Waals surface area contributed by atoms with Crippen LogP contribution in [0.15, 0.2) is 12.4 Å². The number of hydrogen-bond donors (Lipinski definition) is 0. The molecule has 3 heterocycles. The summed E-state index contributed by atoms with van der Waals surface area (Å²) in [5, 5.41) is 4.42. The summed E-state index contributed by atoms with van der Waals surface area (Å²) in [6, 6.07) is 0. The Morgan fingerprint density at radius 2 is 1.96 bits per heavy atom. The van der Waals surface area contributed by atoms with Crippen molar-refractivity contribution in [2.75, 3.05) is 26.2 Å². The Hall–Kier alpha value is -2.15. The lowest BCUT2D eigenvalue weighted by molar-refractivity contribution is -0.130. The van der Waals surface area contributed by atoms with E-state index in [1.165, 1.54) is 0 Å². The van der Waals surface area contributed by atoms with Crippen molar-refractivity contribution in [2.45, 2.75) is 33.2 Å². The summed E-state index contributed by atoms with van der Waals surface area (Å²) in [4.78, 5) is 21.6. The van der Waals surface area contributed by atoms with Crippen LogP contribution in [0.25, 0.3) is 0 Å². The number of amides is 1. The van der Waals surface area contributed by atoms with Crippen molar-refractivity contribution in [3.63, 3.8) is 0 Å². The summed E-state index contributed by atoms with van der Waals surface area (Å²) < 4.78 is 3.91. The predicted molar refractivity (Wildman–Crippen MR) is 96.1 cm³/mol. The lowest BCUT2D eigenvalue weighted by Gasteiger charge is -2.22. The third-order valence-electron chi connectivity index (χ3n) is 5.21. The van der Waals surface area contributed by atoms with Gasteiger partial charge in [-0.1, -0.05) is 0 Å². The maximum absolute atomic E-state index is 12.8. The van der Waals surface area contributed by atoms with E-state index in [-0.39, 0.29) is 5.91 Å². The Labute approximate surface area is 149 Å². The van der Waals surface area contributed by atoms with Crippen LogP contribution in [0.5, 0.6) is 0 Å². The zero-order valence-electron chi connectivity index (χ0n) is 15.7. The number of aromatic nitrogens is 4. The molecule has 7 nitrogen and oxygen atoms in total. The van der Waals surface area contributed by atoms with Crippen molar-refractivity contribution >= 4 is 5.91 Å². The van der Waals surface area contributed by atoms with Gasteiger partial charge in [-0.2, -0.15) is 5.10 Å². The number of hydrogen-bond acceptors (Lipinski definition) is 4. The van der Waals surface area contributed by atoms with Crippen LogP contribution in [0, 0.1) is 13.8 Å². The smallest absolute Gasteiger partial charge is 0.227 e. The van der Waals surface area contributed by atoms with Gasteiger partial charge in [0.15, 0.2) is 0 Å². The van der Waals surface area contributed by atoms with Gasteiger partial charge in [-0.05, 0) is 20.3 Å². The van der Waals surface area contributed by atoms with E-state index in [9.17, 15) is 4.79 Å². The lowest BCUT2D eigenvalue weighted by Crippen LogP contribution is -2.36. The van der Waals surface area contributed by atoms with Crippen LogP contribution in [0.3, 0.4) is 0 Å². The average Bonchev–Trinajstić information content (AvgIpc) is 2.96. The molecule has 0 saturated carbocycles. The maximum atomic E-state index is 12.8. The van der Waals surface area contributed by atoms with Gasteiger partial charge < -0.3 is 9.47 Å². The van der Waals surface area contributed by atoms with Crippen LogP contribution >= 0.6 is 0 Å². The van der Waals surface area contributed by atoms with E-state index in [1.54, 1.807) is 0 Å². The van der Waals surface area contributed by atoms with Gasteiger partial charge in [0.2, 0.25) is 5.91 Å². The topological polar surface area (TPSA) is 59.2 Å². The van der Waals surface area contributed by atoms with Crippen molar-refractivity contribution in [3.8, 4) is 0 Å². The molecule has 0 radical (unpaired) electrons. The van der Waals surface area contributed by atoms with Gasteiger partial charge in [-0.3, -0.25) is 14.4 Å². The first kappa shape index (κ1) is 17.7. The molecule has 1 saturated heterocycles. The van der Waals surface area contributed by atoms with E-state index in [0.717, 1.165) is 61.9 Å². The summed E-state index contributed by atoms with van der Waals surface area (Å²) in [5.74, 6) is 1.28. The van der Waals surface area contributed by atoms with Gasteiger partial charge in [-0.25, -0.2) is 4.98 Å². The van der Waals surface area contributed by atoms with Crippen molar-refractivity contribution < 1.29 is 4.79 Å². The zero-order chi connectivity index (χ0) is 18.0. The second kappa shape index (κ2) is 7.39. The number of carbonyl (C=O) groups is 1. The Kier molecular flexibility index (Phi) is 5.22. The van der Waals surface area contributed by atoms with Gasteiger partial charge in [0.1, 0.15) is 5.82 Å². The molecule has 1 fully saturated rings. The molecule has 1 aliphatic heterocycles. The predicted octanol–water partition coefficient (Wildman–Crippen LogP) is 1.05. The lowest BCUT2D eigenvalue weighted by atomic mass is 10.1. The second-order valence-corrected chi connectivity index (χ2v) is 6.91. The Bertz CT molecular complexity index is 747. The molecule has 0 aliphatic carbocycles. The molecule has 3 rings (SSSR count). The fraction of sp³-hybridized carbons (Fsp3) is 0.611. The maximum Gasteiger partial charge on any atom is 0.227 e. The van der Waals surface area contributed by atoms with Gasteiger partial charge >= 0.3 is 0 Å². The Morgan fingerprint density at radius 1 is 1.16 bits per heavy atom. The molecule has 0 spiro atoms. The molecule has 1 aliphatic rings. The standard InChI is InChI=1S/C18H28N6O/c1-14-16(15(2)22(4)20-14)12-18(25)24-8-5-7-23(10-11-24)13-17-19-6-9-21(17)3/h6,9H,5,7-8,10-13H2,1-4H3. The van der Waals surface area contributed by atoms with Gasteiger partial charge in [0.25, 0.3) is 0 Å². The van der Waals surface area contributed by atoms with E-state index in [1.807, 2.05) is 49.9 Å². The van der Waals surface area contributed by atoms with E-state index < -0.39 is 0 Å². The number of aryl methyl sites for hydroxylation is 3. The molecule has 136 valence electrons. The molecule has 7 heteroatoms. The second-order valence-electron chi connectivity index (χ2n) is 6.91. The van der Waals surface area contributed by atoms with Gasteiger partial charge in [-0.15, -0.1) is 0 Å². The highest BCUT2D eigenvalue weighted by molar-refractivity contribution is 5.79. The van der Waals surface area contributed by atoms with E-state index in [2.05, 4.69) is 19.5 Å². The summed E-state index contributed by atoms with van der Waals surface area (Å²) in [5.41, 5.74) is 3.11. The van der Waals surface area contributed by atoms with Crippen molar-refractivity contribution in [2.24, 2.45) is 14.1 Å². The summed E-state index contributed by atoms with van der Waals surface area (Å²) in [6.45, 7) is 8.35. The first-order valence-electron chi connectivity index (χ1n) is 8.91. The minimum Gasteiger partial charge on any atom is -0.341 e. The van der Waals surface area contributed by atoms with E-state index in [0.29, 0.717) is 6.42 Å². The molecule has 0 bridgehead atoms. The number of imidazole rings is 1. The van der Waals surface area contributed by atoms with Gasteiger partial charge in [0, 0.05) is 63.9 Å². The average molecular weight is 344 g/mol. The fourth-order valence-electron chi connectivity index (χ4n) is 3.46. The molecule has 1 amide bonds. The summed E-state index contributed by atoms with van der Waals surface area (Å²) in [6.07, 6.45) is 5.26. The molecular weight excluding hydrogens is 316 g/mol. The Morgan fingerprint density at radius 3 is 2.60 bits per heavy atom. The third kappa shape index (κ3) is 3.92. The molecule has 0 aromatic carbocycles. The van der Waals surface area contributed by atoms with E-state index in [4.69, 9.17) is 0 Å². The zero-order valence-corrected chi connectivity index (χ0v) is 15.7. The number of rotatable bonds is 4. The van der Waals surface area contributed by atoms with Crippen LogP contribution < -0.4 is 0 Å². The van der Waals surface area contributed by atoms with Crippen LogP contribution in [0.2, 0.25) is 0 Å². The molecule has 0 atom stereocenters. The van der Waals surface area contributed by atoms with Crippen molar-refractivity contribution in [3.05, 3.63) is 35.2 Å². The molecule has 0 unspecified atom stereocenters. The third-order valence-corrected chi connectivity index (χ3v) is 5.21. The molecular formula is C18H28N6O. The molecule has 25 heavy (non-hydrogen) atoms. The van der Waals surface area contributed by atoms with Crippen molar-refractivity contribution in [1.29, 1.82) is 0 Å². The Balaban J connectivity index is 1.59. The first-order valence-corrected chi connectivity index (χ1v) is 8.91. The highest BCUT2D eigenvalue weighted by Crippen LogP contribution is 2.15. The number of nitrogens with zero attached hydrogens (tertiary/aromatic N) is 6. The largest absolute Gasteiger partial charge is 0.341 e. The fourth-order valence-corrected chi connectivity index (χ4v) is 3.46. The first-order chi connectivity index (χ1) is 12.0. The van der Waals surface area contributed by atoms with E-state index >= 15 is 0 Å². The van der Waals surface area contributed by atoms with Crippen LogP contribution in [0.4, 0.5) is 0 Å². The molecule has 0 N–H and O–H groups in total. The SMILES string of the molecule is Cc1nn(C)c(C)c1CC(=O)N1CCCN(Cc2nccn2C)CC1. The van der Waals surface area contributed by atoms with Crippen LogP contribution in [-0.4, -0.2) is 61.2 Å². The summed E-state index contributed by atoms with van der Waals surface area (Å²) >= 11 is 0.